The first kappa shape index (κ1) is 26.4. The van der Waals surface area contributed by atoms with Crippen LogP contribution in [-0.4, -0.2) is 39.6 Å². The quantitative estimate of drug-likeness (QED) is 0.443. The first-order valence-electron chi connectivity index (χ1n) is 13.1. The summed E-state index contributed by atoms with van der Waals surface area (Å²) in [6.07, 6.45) is 3.81. The molecule has 196 valence electrons. The molecule has 8 nitrogen and oxygen atoms in total. The van der Waals surface area contributed by atoms with Gasteiger partial charge in [0.1, 0.15) is 6.04 Å². The third-order valence-corrected chi connectivity index (χ3v) is 7.14. The van der Waals surface area contributed by atoms with E-state index in [1.165, 1.54) is 10.9 Å². The van der Waals surface area contributed by atoms with E-state index in [1.807, 2.05) is 44.2 Å². The Balaban J connectivity index is 1.63. The topological polar surface area (TPSA) is 105 Å². The SMILES string of the molecule is CC(C)C[C@@H](C(=O)N[C@@H](CC(=O)O)c1cccc(N2CCC(C)CC2)c1)n1cnc2ccccc2c1=O. The van der Waals surface area contributed by atoms with Crippen LogP contribution in [0.1, 0.15) is 64.1 Å². The average molecular weight is 505 g/mol. The van der Waals surface area contributed by atoms with Gasteiger partial charge in [-0.05, 0) is 60.9 Å². The van der Waals surface area contributed by atoms with E-state index < -0.39 is 24.0 Å². The number of nitrogens with zero attached hydrogens (tertiary/aromatic N) is 3. The second kappa shape index (κ2) is 11.6. The van der Waals surface area contributed by atoms with Crippen LogP contribution in [0, 0.1) is 11.8 Å². The van der Waals surface area contributed by atoms with Crippen LogP contribution in [0.4, 0.5) is 5.69 Å². The number of hydrogen-bond donors (Lipinski definition) is 2. The van der Waals surface area contributed by atoms with E-state index in [-0.39, 0.29) is 17.9 Å². The van der Waals surface area contributed by atoms with Crippen molar-refractivity contribution in [2.75, 3.05) is 18.0 Å². The number of hydrogen-bond acceptors (Lipinski definition) is 5. The molecule has 2 aromatic carbocycles. The molecule has 8 heteroatoms. The number of aliphatic carboxylic acids is 1. The maximum atomic E-state index is 13.7. The van der Waals surface area contributed by atoms with Gasteiger partial charge in [-0.15, -0.1) is 0 Å². The lowest BCUT2D eigenvalue weighted by atomic mass is 9.97. The predicted octanol–water partition coefficient (Wildman–Crippen LogP) is 4.55. The number of nitrogens with one attached hydrogen (secondary N) is 1. The molecule has 1 aromatic heterocycles. The van der Waals surface area contributed by atoms with Gasteiger partial charge >= 0.3 is 5.97 Å². The van der Waals surface area contributed by atoms with Crippen molar-refractivity contribution in [3.05, 3.63) is 70.8 Å². The molecule has 0 aliphatic carbocycles. The molecule has 2 heterocycles. The van der Waals surface area contributed by atoms with Crippen molar-refractivity contribution in [1.82, 2.24) is 14.9 Å². The number of carbonyl (C=O) groups excluding carboxylic acids is 1. The van der Waals surface area contributed by atoms with Gasteiger partial charge in [-0.2, -0.15) is 0 Å². The van der Waals surface area contributed by atoms with E-state index >= 15 is 0 Å². The smallest absolute Gasteiger partial charge is 0.305 e. The lowest BCUT2D eigenvalue weighted by Gasteiger charge is -2.33. The average Bonchev–Trinajstić information content (AvgIpc) is 2.87. The first-order chi connectivity index (χ1) is 17.7. The Bertz CT molecular complexity index is 1310. The monoisotopic (exact) mass is 504 g/mol. The number of benzene rings is 2. The van der Waals surface area contributed by atoms with Crippen LogP contribution in [-0.2, 0) is 9.59 Å². The first-order valence-corrected chi connectivity index (χ1v) is 13.1. The van der Waals surface area contributed by atoms with E-state index in [1.54, 1.807) is 18.2 Å². The van der Waals surface area contributed by atoms with Crippen molar-refractivity contribution in [2.45, 2.75) is 58.5 Å². The maximum Gasteiger partial charge on any atom is 0.305 e. The zero-order chi connectivity index (χ0) is 26.5. The van der Waals surface area contributed by atoms with Gasteiger partial charge < -0.3 is 15.3 Å². The molecule has 4 rings (SSSR count). The zero-order valence-corrected chi connectivity index (χ0v) is 21.8. The third kappa shape index (κ3) is 6.37. The van der Waals surface area contributed by atoms with Gasteiger partial charge in [-0.3, -0.25) is 19.0 Å². The van der Waals surface area contributed by atoms with E-state index in [0.29, 0.717) is 23.2 Å². The van der Waals surface area contributed by atoms with Gasteiger partial charge in [-0.25, -0.2) is 4.98 Å². The Hall–Kier alpha value is -3.68. The van der Waals surface area contributed by atoms with Crippen molar-refractivity contribution < 1.29 is 14.7 Å². The normalized spacial score (nSPS) is 16.1. The molecule has 1 aliphatic rings. The number of aromatic nitrogens is 2. The molecule has 0 saturated carbocycles. The molecule has 3 aromatic rings. The fourth-order valence-electron chi connectivity index (χ4n) is 5.00. The molecule has 2 atom stereocenters. The predicted molar refractivity (Wildman–Crippen MR) is 145 cm³/mol. The van der Waals surface area contributed by atoms with E-state index in [0.717, 1.165) is 37.2 Å². The summed E-state index contributed by atoms with van der Waals surface area (Å²) in [6.45, 7) is 8.13. The second-order valence-corrected chi connectivity index (χ2v) is 10.5. The molecule has 1 fully saturated rings. The lowest BCUT2D eigenvalue weighted by Crippen LogP contribution is -2.40. The Morgan fingerprint density at radius 2 is 1.84 bits per heavy atom. The van der Waals surface area contributed by atoms with Crippen molar-refractivity contribution in [3.63, 3.8) is 0 Å². The minimum absolute atomic E-state index is 0.122. The van der Waals surface area contributed by atoms with Crippen LogP contribution in [0.25, 0.3) is 10.9 Å². The summed E-state index contributed by atoms with van der Waals surface area (Å²) in [5.74, 6) is -0.579. The summed E-state index contributed by atoms with van der Waals surface area (Å²) in [6, 6.07) is 13.3. The Labute approximate surface area is 217 Å². The summed E-state index contributed by atoms with van der Waals surface area (Å²) in [5, 5.41) is 13.0. The highest BCUT2D eigenvalue weighted by Gasteiger charge is 2.28. The zero-order valence-electron chi connectivity index (χ0n) is 21.8. The number of piperidine rings is 1. The van der Waals surface area contributed by atoms with Crippen LogP contribution in [0.2, 0.25) is 0 Å². The van der Waals surface area contributed by atoms with E-state index in [9.17, 15) is 19.5 Å². The van der Waals surface area contributed by atoms with Crippen molar-refractivity contribution in [2.24, 2.45) is 11.8 Å². The summed E-state index contributed by atoms with van der Waals surface area (Å²) in [5.41, 5.74) is 2.05. The molecule has 0 radical (unpaired) electrons. The standard InChI is InChI=1S/C29H36N4O4/c1-19(2)15-26(33-18-30-24-10-5-4-9-23(24)29(33)37)28(36)31-25(17-27(34)35)21-7-6-8-22(16-21)32-13-11-20(3)12-14-32/h4-10,16,18-20,25-26H,11-15,17H2,1-3H3,(H,31,36)(H,34,35)/t25-,26-/m0/s1. The maximum absolute atomic E-state index is 13.7. The minimum Gasteiger partial charge on any atom is -0.481 e. The van der Waals surface area contributed by atoms with Gasteiger partial charge in [0.05, 0.1) is 29.7 Å². The van der Waals surface area contributed by atoms with Crippen molar-refractivity contribution >= 4 is 28.5 Å². The van der Waals surface area contributed by atoms with E-state index in [2.05, 4.69) is 22.1 Å². The molecular formula is C29H36N4O4. The number of carbonyl (C=O) groups is 2. The largest absolute Gasteiger partial charge is 0.481 e. The van der Waals surface area contributed by atoms with Crippen LogP contribution < -0.4 is 15.8 Å². The summed E-state index contributed by atoms with van der Waals surface area (Å²) < 4.78 is 1.38. The summed E-state index contributed by atoms with van der Waals surface area (Å²) in [4.78, 5) is 45.4. The number of carboxylic acids is 1. The van der Waals surface area contributed by atoms with Crippen LogP contribution >= 0.6 is 0 Å². The molecule has 37 heavy (non-hydrogen) atoms. The molecule has 1 amide bonds. The third-order valence-electron chi connectivity index (χ3n) is 7.14. The molecule has 2 N–H and O–H groups in total. The summed E-state index contributed by atoms with van der Waals surface area (Å²) in [7, 11) is 0. The summed E-state index contributed by atoms with van der Waals surface area (Å²) >= 11 is 0. The molecule has 0 bridgehead atoms. The fourth-order valence-corrected chi connectivity index (χ4v) is 5.00. The highest BCUT2D eigenvalue weighted by molar-refractivity contribution is 5.83. The highest BCUT2D eigenvalue weighted by atomic mass is 16.4. The number of fused-ring (bicyclic) bond motifs is 1. The fraction of sp³-hybridized carbons (Fsp3) is 0.448. The molecule has 1 aliphatic heterocycles. The van der Waals surface area contributed by atoms with Crippen molar-refractivity contribution in [3.8, 4) is 0 Å². The highest BCUT2D eigenvalue weighted by Crippen LogP contribution is 2.28. The van der Waals surface area contributed by atoms with Crippen LogP contribution in [0.3, 0.4) is 0 Å². The minimum atomic E-state index is -1.01. The van der Waals surface area contributed by atoms with Crippen LogP contribution in [0.5, 0.6) is 0 Å². The van der Waals surface area contributed by atoms with Gasteiger partial charge in [0.25, 0.3) is 5.56 Å². The van der Waals surface area contributed by atoms with Gasteiger partial charge in [0.2, 0.25) is 5.91 Å². The number of rotatable bonds is 9. The Morgan fingerprint density at radius 3 is 2.54 bits per heavy atom. The lowest BCUT2D eigenvalue weighted by molar-refractivity contribution is -0.138. The Morgan fingerprint density at radius 1 is 1.11 bits per heavy atom. The van der Waals surface area contributed by atoms with Gasteiger partial charge in [-0.1, -0.05) is 45.0 Å². The molecule has 1 saturated heterocycles. The molecule has 0 unspecified atom stereocenters. The number of para-hydroxylation sites is 1. The molecule has 0 spiro atoms. The van der Waals surface area contributed by atoms with Gasteiger partial charge in [0.15, 0.2) is 0 Å². The molecular weight excluding hydrogens is 468 g/mol. The second-order valence-electron chi connectivity index (χ2n) is 10.5. The number of amides is 1. The van der Waals surface area contributed by atoms with Gasteiger partial charge in [0, 0.05) is 18.8 Å². The number of anilines is 1. The number of carboxylic acid groups (broad SMARTS) is 1. The Kier molecular flexibility index (Phi) is 8.26. The van der Waals surface area contributed by atoms with E-state index in [4.69, 9.17) is 0 Å². The van der Waals surface area contributed by atoms with Crippen molar-refractivity contribution in [1.29, 1.82) is 0 Å². The van der Waals surface area contributed by atoms with Crippen LogP contribution in [0.15, 0.2) is 59.7 Å².